The summed E-state index contributed by atoms with van der Waals surface area (Å²) in [7, 11) is 0. The molecule has 1 N–H and O–H groups in total. The molecule has 2 saturated heterocycles. The van der Waals surface area contributed by atoms with Crippen molar-refractivity contribution in [3.8, 4) is 0 Å². The minimum atomic E-state index is -0.768. The SMILES string of the molecule is O=C(O)CC1CN(C(=O)N2CCCCC2)C1. The van der Waals surface area contributed by atoms with E-state index in [4.69, 9.17) is 5.11 Å². The zero-order valence-electron chi connectivity index (χ0n) is 9.39. The van der Waals surface area contributed by atoms with E-state index in [2.05, 4.69) is 0 Å². The second kappa shape index (κ2) is 4.72. The zero-order chi connectivity index (χ0) is 11.5. The molecule has 2 aliphatic heterocycles. The fourth-order valence-corrected chi connectivity index (χ4v) is 2.39. The van der Waals surface area contributed by atoms with Crippen LogP contribution in [0.5, 0.6) is 0 Å². The van der Waals surface area contributed by atoms with Crippen molar-refractivity contribution in [1.82, 2.24) is 9.80 Å². The molecule has 0 aromatic heterocycles. The zero-order valence-corrected chi connectivity index (χ0v) is 9.39. The summed E-state index contributed by atoms with van der Waals surface area (Å²) in [5, 5.41) is 8.61. The highest BCUT2D eigenvalue weighted by Gasteiger charge is 2.34. The fourth-order valence-electron chi connectivity index (χ4n) is 2.39. The van der Waals surface area contributed by atoms with E-state index in [0.717, 1.165) is 25.9 Å². The summed E-state index contributed by atoms with van der Waals surface area (Å²) in [6, 6.07) is 0.0985. The Labute approximate surface area is 95.0 Å². The van der Waals surface area contributed by atoms with Crippen LogP contribution in [0.3, 0.4) is 0 Å². The van der Waals surface area contributed by atoms with E-state index >= 15 is 0 Å². The second-order valence-corrected chi connectivity index (χ2v) is 4.70. The lowest BCUT2D eigenvalue weighted by molar-refractivity contribution is -0.139. The first-order chi connectivity index (χ1) is 7.66. The van der Waals surface area contributed by atoms with Gasteiger partial charge in [-0.05, 0) is 19.3 Å². The number of carbonyl (C=O) groups is 2. The molecule has 0 atom stereocenters. The van der Waals surface area contributed by atoms with Gasteiger partial charge in [0.1, 0.15) is 0 Å². The quantitative estimate of drug-likeness (QED) is 0.764. The van der Waals surface area contributed by atoms with Gasteiger partial charge >= 0.3 is 12.0 Å². The summed E-state index contributed by atoms with van der Waals surface area (Å²) in [6.07, 6.45) is 3.59. The van der Waals surface area contributed by atoms with Crippen LogP contribution in [0.1, 0.15) is 25.7 Å². The van der Waals surface area contributed by atoms with Crippen LogP contribution in [0.2, 0.25) is 0 Å². The van der Waals surface area contributed by atoms with Crippen molar-refractivity contribution in [1.29, 1.82) is 0 Å². The maximum absolute atomic E-state index is 11.9. The van der Waals surface area contributed by atoms with Crippen LogP contribution >= 0.6 is 0 Å². The van der Waals surface area contributed by atoms with Crippen molar-refractivity contribution in [3.05, 3.63) is 0 Å². The summed E-state index contributed by atoms with van der Waals surface area (Å²) >= 11 is 0. The number of likely N-dealkylation sites (tertiary alicyclic amines) is 2. The van der Waals surface area contributed by atoms with Gasteiger partial charge in [0.25, 0.3) is 0 Å². The number of carbonyl (C=O) groups excluding carboxylic acids is 1. The largest absolute Gasteiger partial charge is 0.481 e. The first-order valence-electron chi connectivity index (χ1n) is 5.92. The van der Waals surface area contributed by atoms with Gasteiger partial charge in [0.05, 0.1) is 6.42 Å². The number of hydrogen-bond acceptors (Lipinski definition) is 2. The Morgan fingerprint density at radius 1 is 1.06 bits per heavy atom. The van der Waals surface area contributed by atoms with Gasteiger partial charge in [0.2, 0.25) is 0 Å². The molecule has 0 aromatic rings. The number of carboxylic acid groups (broad SMARTS) is 1. The molecule has 2 rings (SSSR count). The van der Waals surface area contributed by atoms with Gasteiger partial charge in [0, 0.05) is 32.1 Å². The van der Waals surface area contributed by atoms with Gasteiger partial charge in [-0.2, -0.15) is 0 Å². The maximum Gasteiger partial charge on any atom is 0.320 e. The standard InChI is InChI=1S/C11H18N2O3/c14-10(15)6-9-7-13(8-9)11(16)12-4-2-1-3-5-12/h9H,1-8H2,(H,14,15). The molecule has 5 heteroatoms. The van der Waals surface area contributed by atoms with Crippen LogP contribution in [0, 0.1) is 5.92 Å². The molecule has 2 amide bonds. The Balaban J connectivity index is 1.74. The molecule has 90 valence electrons. The molecule has 2 aliphatic rings. The molecule has 0 aromatic carbocycles. The van der Waals surface area contributed by atoms with E-state index in [1.807, 2.05) is 4.90 Å². The monoisotopic (exact) mass is 226 g/mol. The number of aliphatic carboxylic acids is 1. The molecule has 16 heavy (non-hydrogen) atoms. The number of urea groups is 1. The number of carboxylic acids is 1. The minimum absolute atomic E-state index is 0.0985. The highest BCUT2D eigenvalue weighted by Crippen LogP contribution is 2.22. The summed E-state index contributed by atoms with van der Waals surface area (Å²) in [5.74, 6) is -0.610. The van der Waals surface area contributed by atoms with Crippen molar-refractivity contribution < 1.29 is 14.7 Å². The lowest BCUT2D eigenvalue weighted by atomic mass is 9.97. The Bertz CT molecular complexity index is 281. The van der Waals surface area contributed by atoms with Crippen LogP contribution in [-0.4, -0.2) is 53.1 Å². The molecule has 0 radical (unpaired) electrons. The molecule has 0 saturated carbocycles. The van der Waals surface area contributed by atoms with E-state index in [9.17, 15) is 9.59 Å². The Morgan fingerprint density at radius 2 is 1.69 bits per heavy atom. The van der Waals surface area contributed by atoms with Crippen LogP contribution < -0.4 is 0 Å². The number of nitrogens with zero attached hydrogens (tertiary/aromatic N) is 2. The Kier molecular flexibility index (Phi) is 3.31. The van der Waals surface area contributed by atoms with E-state index in [1.165, 1.54) is 6.42 Å². The second-order valence-electron chi connectivity index (χ2n) is 4.70. The summed E-state index contributed by atoms with van der Waals surface area (Å²) in [6.45, 7) is 2.95. The predicted molar refractivity (Wildman–Crippen MR) is 58.1 cm³/mol. The summed E-state index contributed by atoms with van der Waals surface area (Å²) < 4.78 is 0. The van der Waals surface area contributed by atoms with Crippen LogP contribution in [0.15, 0.2) is 0 Å². The van der Waals surface area contributed by atoms with Crippen LogP contribution in [0.25, 0.3) is 0 Å². The number of amides is 2. The number of rotatable bonds is 2. The highest BCUT2D eigenvalue weighted by molar-refractivity contribution is 5.76. The minimum Gasteiger partial charge on any atom is -0.481 e. The molecule has 0 bridgehead atoms. The van der Waals surface area contributed by atoms with Crippen molar-refractivity contribution in [2.75, 3.05) is 26.2 Å². The molecule has 2 heterocycles. The van der Waals surface area contributed by atoms with E-state index in [-0.39, 0.29) is 18.4 Å². The lowest BCUT2D eigenvalue weighted by Gasteiger charge is -2.42. The molecule has 0 spiro atoms. The predicted octanol–water partition coefficient (Wildman–Crippen LogP) is 0.999. The highest BCUT2D eigenvalue weighted by atomic mass is 16.4. The van der Waals surface area contributed by atoms with Gasteiger partial charge in [-0.15, -0.1) is 0 Å². The molecule has 2 fully saturated rings. The van der Waals surface area contributed by atoms with Crippen LogP contribution in [0.4, 0.5) is 4.79 Å². The maximum atomic E-state index is 11.9. The van der Waals surface area contributed by atoms with Gasteiger partial charge in [-0.3, -0.25) is 4.79 Å². The summed E-state index contributed by atoms with van der Waals surface area (Å²) in [4.78, 5) is 26.0. The third-order valence-electron chi connectivity index (χ3n) is 3.32. The molecule has 0 aliphatic carbocycles. The van der Waals surface area contributed by atoms with E-state index in [0.29, 0.717) is 13.1 Å². The lowest BCUT2D eigenvalue weighted by Crippen LogP contribution is -2.56. The molecule has 0 unspecified atom stereocenters. The van der Waals surface area contributed by atoms with E-state index in [1.54, 1.807) is 4.90 Å². The van der Waals surface area contributed by atoms with Crippen molar-refractivity contribution >= 4 is 12.0 Å². The van der Waals surface area contributed by atoms with Gasteiger partial charge in [0.15, 0.2) is 0 Å². The molecule has 5 nitrogen and oxygen atoms in total. The summed E-state index contributed by atoms with van der Waals surface area (Å²) in [5.41, 5.74) is 0. The average molecular weight is 226 g/mol. The normalized spacial score (nSPS) is 21.8. The Morgan fingerprint density at radius 3 is 2.25 bits per heavy atom. The topological polar surface area (TPSA) is 60.9 Å². The average Bonchev–Trinajstić information content (AvgIpc) is 2.23. The van der Waals surface area contributed by atoms with Crippen molar-refractivity contribution in [2.24, 2.45) is 5.92 Å². The van der Waals surface area contributed by atoms with E-state index < -0.39 is 5.97 Å². The first-order valence-corrected chi connectivity index (χ1v) is 5.92. The van der Waals surface area contributed by atoms with Gasteiger partial charge in [-0.1, -0.05) is 0 Å². The number of hydrogen-bond donors (Lipinski definition) is 1. The van der Waals surface area contributed by atoms with Gasteiger partial charge in [-0.25, -0.2) is 4.79 Å². The van der Waals surface area contributed by atoms with Crippen molar-refractivity contribution in [2.45, 2.75) is 25.7 Å². The van der Waals surface area contributed by atoms with Crippen LogP contribution in [-0.2, 0) is 4.79 Å². The third kappa shape index (κ3) is 2.46. The molecular formula is C11H18N2O3. The van der Waals surface area contributed by atoms with Crippen molar-refractivity contribution in [3.63, 3.8) is 0 Å². The first kappa shape index (κ1) is 11.2. The fraction of sp³-hybridized carbons (Fsp3) is 0.818. The van der Waals surface area contributed by atoms with Gasteiger partial charge < -0.3 is 14.9 Å². The third-order valence-corrected chi connectivity index (χ3v) is 3.32. The smallest absolute Gasteiger partial charge is 0.320 e. The molecular weight excluding hydrogens is 208 g/mol. The Hall–Kier alpha value is -1.26. The number of piperidine rings is 1.